The lowest BCUT2D eigenvalue weighted by molar-refractivity contribution is -0.143. The maximum absolute atomic E-state index is 11.5. The molecular weight excluding hydrogens is 288 g/mol. The van der Waals surface area contributed by atoms with Crippen LogP contribution in [-0.4, -0.2) is 19.7 Å². The van der Waals surface area contributed by atoms with Gasteiger partial charge in [-0.15, -0.1) is 11.6 Å². The van der Waals surface area contributed by atoms with Gasteiger partial charge in [-0.25, -0.2) is 0 Å². The molecule has 2 aromatic rings. The highest BCUT2D eigenvalue weighted by Gasteiger charge is 2.18. The van der Waals surface area contributed by atoms with Crippen LogP contribution in [0.1, 0.15) is 30.7 Å². The molecule has 0 fully saturated rings. The number of fused-ring (bicyclic) bond motifs is 1. The maximum Gasteiger partial charge on any atom is 0.305 e. The first-order valence-corrected chi connectivity index (χ1v) is 7.46. The summed E-state index contributed by atoms with van der Waals surface area (Å²) in [4.78, 5) is 11.5. The van der Waals surface area contributed by atoms with Crippen molar-refractivity contribution in [1.29, 1.82) is 0 Å². The van der Waals surface area contributed by atoms with Crippen LogP contribution in [0.3, 0.4) is 0 Å². The number of methoxy groups -OCH3 is 1. The largest absolute Gasteiger partial charge is 0.496 e. The van der Waals surface area contributed by atoms with E-state index >= 15 is 0 Å². The van der Waals surface area contributed by atoms with Gasteiger partial charge in [0.05, 0.1) is 19.1 Å². The van der Waals surface area contributed by atoms with Crippen LogP contribution in [0.2, 0.25) is 0 Å². The molecule has 1 unspecified atom stereocenters. The summed E-state index contributed by atoms with van der Waals surface area (Å²) in [5.74, 6) is 0.528. The maximum atomic E-state index is 11.5. The molecule has 0 bridgehead atoms. The van der Waals surface area contributed by atoms with Gasteiger partial charge in [-0.1, -0.05) is 30.3 Å². The molecule has 0 saturated carbocycles. The van der Waals surface area contributed by atoms with Gasteiger partial charge >= 0.3 is 5.97 Å². The van der Waals surface area contributed by atoms with Crippen molar-refractivity contribution in [2.75, 3.05) is 13.7 Å². The summed E-state index contributed by atoms with van der Waals surface area (Å²) in [7, 11) is 1.63. The van der Waals surface area contributed by atoms with Crippen molar-refractivity contribution in [3.05, 3.63) is 42.0 Å². The van der Waals surface area contributed by atoms with E-state index in [1.165, 1.54) is 0 Å². The molecule has 0 spiro atoms. The molecule has 0 saturated heterocycles. The van der Waals surface area contributed by atoms with Gasteiger partial charge in [0.2, 0.25) is 0 Å². The molecule has 0 aromatic heterocycles. The topological polar surface area (TPSA) is 35.5 Å². The molecule has 0 N–H and O–H groups in total. The first-order valence-electron chi connectivity index (χ1n) is 7.02. The van der Waals surface area contributed by atoms with E-state index in [-0.39, 0.29) is 11.3 Å². The number of halogens is 1. The van der Waals surface area contributed by atoms with Crippen LogP contribution in [0, 0.1) is 0 Å². The van der Waals surface area contributed by atoms with Gasteiger partial charge < -0.3 is 9.47 Å². The predicted molar refractivity (Wildman–Crippen MR) is 85.0 cm³/mol. The van der Waals surface area contributed by atoms with E-state index in [0.717, 1.165) is 22.1 Å². The van der Waals surface area contributed by atoms with Crippen molar-refractivity contribution >= 4 is 28.3 Å². The van der Waals surface area contributed by atoms with Crippen molar-refractivity contribution in [1.82, 2.24) is 0 Å². The Bertz CT molecular complexity index is 624. The number of rotatable bonds is 6. The molecule has 1 atom stereocenters. The average molecular weight is 307 g/mol. The highest BCUT2D eigenvalue weighted by molar-refractivity contribution is 6.22. The number of esters is 1. The number of benzene rings is 2. The van der Waals surface area contributed by atoms with Crippen LogP contribution in [0.4, 0.5) is 0 Å². The van der Waals surface area contributed by atoms with E-state index in [1.807, 2.05) is 36.4 Å². The Morgan fingerprint density at radius 3 is 2.71 bits per heavy atom. The van der Waals surface area contributed by atoms with E-state index in [4.69, 9.17) is 21.1 Å². The monoisotopic (exact) mass is 306 g/mol. The molecule has 0 heterocycles. The van der Waals surface area contributed by atoms with Gasteiger partial charge in [-0.3, -0.25) is 4.79 Å². The number of carbonyl (C=O) groups excluding carboxylic acids is 1. The second kappa shape index (κ2) is 7.32. The van der Waals surface area contributed by atoms with Crippen molar-refractivity contribution < 1.29 is 14.3 Å². The third-order valence-electron chi connectivity index (χ3n) is 3.37. The Morgan fingerprint density at radius 1 is 1.24 bits per heavy atom. The first-order chi connectivity index (χ1) is 10.2. The molecule has 112 valence electrons. The molecule has 3 nitrogen and oxygen atoms in total. The summed E-state index contributed by atoms with van der Waals surface area (Å²) in [5, 5.41) is 1.87. The van der Waals surface area contributed by atoms with E-state index in [0.29, 0.717) is 19.4 Å². The number of hydrogen-bond donors (Lipinski definition) is 0. The zero-order chi connectivity index (χ0) is 15.2. The molecule has 0 aliphatic carbocycles. The summed E-state index contributed by atoms with van der Waals surface area (Å²) in [5.41, 5.74) is 0.932. The summed E-state index contributed by atoms with van der Waals surface area (Å²) < 4.78 is 10.4. The van der Waals surface area contributed by atoms with Crippen LogP contribution in [-0.2, 0) is 9.53 Å². The van der Waals surface area contributed by atoms with Gasteiger partial charge in [0.15, 0.2) is 0 Å². The third-order valence-corrected chi connectivity index (χ3v) is 3.81. The molecule has 2 rings (SSSR count). The SMILES string of the molecule is CCOC(=O)CCC(Cl)c1c(OC)ccc2ccccc12. The van der Waals surface area contributed by atoms with Gasteiger partial charge in [0, 0.05) is 12.0 Å². The minimum Gasteiger partial charge on any atom is -0.496 e. The van der Waals surface area contributed by atoms with Crippen molar-refractivity contribution in [3.63, 3.8) is 0 Å². The molecule has 4 heteroatoms. The molecule has 0 aliphatic heterocycles. The number of carbonyl (C=O) groups is 1. The van der Waals surface area contributed by atoms with Gasteiger partial charge in [-0.2, -0.15) is 0 Å². The van der Waals surface area contributed by atoms with E-state index in [1.54, 1.807) is 14.0 Å². The van der Waals surface area contributed by atoms with Crippen molar-refractivity contribution in [2.24, 2.45) is 0 Å². The molecule has 0 radical (unpaired) electrons. The Morgan fingerprint density at radius 2 is 2.00 bits per heavy atom. The number of ether oxygens (including phenoxy) is 2. The second-order valence-electron chi connectivity index (χ2n) is 4.71. The van der Waals surface area contributed by atoms with Crippen molar-refractivity contribution in [3.8, 4) is 5.75 Å². The standard InChI is InChI=1S/C17H19ClO3/c1-3-21-16(19)11-9-14(18)17-13-7-5-4-6-12(13)8-10-15(17)20-2/h4-8,10,14H,3,9,11H2,1-2H3. The lowest BCUT2D eigenvalue weighted by atomic mass is 9.98. The van der Waals surface area contributed by atoms with Crippen LogP contribution in [0.25, 0.3) is 10.8 Å². The highest BCUT2D eigenvalue weighted by atomic mass is 35.5. The van der Waals surface area contributed by atoms with E-state index < -0.39 is 0 Å². The van der Waals surface area contributed by atoms with Crippen LogP contribution >= 0.6 is 11.6 Å². The van der Waals surface area contributed by atoms with Gasteiger partial charge in [-0.05, 0) is 30.2 Å². The van der Waals surface area contributed by atoms with Crippen molar-refractivity contribution in [2.45, 2.75) is 25.1 Å². The van der Waals surface area contributed by atoms with Gasteiger partial charge in [0.25, 0.3) is 0 Å². The Kier molecular flexibility index (Phi) is 5.45. The minimum atomic E-state index is -0.296. The normalized spacial score (nSPS) is 12.1. The average Bonchev–Trinajstić information content (AvgIpc) is 2.51. The second-order valence-corrected chi connectivity index (χ2v) is 5.24. The van der Waals surface area contributed by atoms with Crippen LogP contribution in [0.15, 0.2) is 36.4 Å². The molecule has 2 aromatic carbocycles. The fourth-order valence-corrected chi connectivity index (χ4v) is 2.73. The fraction of sp³-hybridized carbons (Fsp3) is 0.353. The lowest BCUT2D eigenvalue weighted by Gasteiger charge is -2.16. The smallest absolute Gasteiger partial charge is 0.305 e. The molecule has 0 aliphatic rings. The summed E-state index contributed by atoms with van der Waals surface area (Å²) in [6.45, 7) is 2.19. The number of alkyl halides is 1. The summed E-state index contributed by atoms with van der Waals surface area (Å²) in [6, 6.07) is 11.9. The summed E-state index contributed by atoms with van der Waals surface area (Å²) >= 11 is 6.53. The zero-order valence-electron chi connectivity index (χ0n) is 12.3. The first kappa shape index (κ1) is 15.6. The Balaban J connectivity index is 2.28. The predicted octanol–water partition coefficient (Wildman–Crippen LogP) is 4.47. The minimum absolute atomic E-state index is 0.220. The van der Waals surface area contributed by atoms with Gasteiger partial charge in [0.1, 0.15) is 5.75 Å². The van der Waals surface area contributed by atoms with Crippen LogP contribution in [0.5, 0.6) is 5.75 Å². The molecular formula is C17H19ClO3. The molecule has 0 amide bonds. The quantitative estimate of drug-likeness (QED) is 0.583. The number of hydrogen-bond acceptors (Lipinski definition) is 3. The third kappa shape index (κ3) is 3.67. The van der Waals surface area contributed by atoms with E-state index in [2.05, 4.69) is 0 Å². The highest BCUT2D eigenvalue weighted by Crippen LogP contribution is 2.38. The Labute approximate surface area is 129 Å². The zero-order valence-corrected chi connectivity index (χ0v) is 13.0. The summed E-state index contributed by atoms with van der Waals surface area (Å²) in [6.07, 6.45) is 0.819. The Hall–Kier alpha value is -1.74. The van der Waals surface area contributed by atoms with Crippen LogP contribution < -0.4 is 4.74 Å². The van der Waals surface area contributed by atoms with E-state index in [9.17, 15) is 4.79 Å². The fourth-order valence-electron chi connectivity index (χ4n) is 2.40. The lowest BCUT2D eigenvalue weighted by Crippen LogP contribution is -2.06. The molecule has 21 heavy (non-hydrogen) atoms.